The van der Waals surface area contributed by atoms with Gasteiger partial charge in [0.15, 0.2) is 9.84 Å². The predicted molar refractivity (Wildman–Crippen MR) is 63.9 cm³/mol. The van der Waals surface area contributed by atoms with E-state index < -0.39 is 21.6 Å². The molecule has 1 fully saturated rings. The van der Waals surface area contributed by atoms with Gasteiger partial charge in [0, 0.05) is 6.42 Å². The van der Waals surface area contributed by atoms with Gasteiger partial charge in [-0.25, -0.2) is 13.2 Å². The van der Waals surface area contributed by atoms with Gasteiger partial charge in [0.2, 0.25) is 0 Å². The van der Waals surface area contributed by atoms with Crippen LogP contribution in [0, 0.1) is 0 Å². The molecule has 0 spiro atoms. The molecule has 0 aliphatic carbocycles. The van der Waals surface area contributed by atoms with Crippen molar-refractivity contribution in [3.05, 3.63) is 30.3 Å². The molecule has 1 heterocycles. The highest BCUT2D eigenvalue weighted by Crippen LogP contribution is 2.25. The van der Waals surface area contributed by atoms with E-state index in [-0.39, 0.29) is 23.7 Å². The van der Waals surface area contributed by atoms with Crippen molar-refractivity contribution in [2.24, 2.45) is 0 Å². The molecule has 1 aliphatic heterocycles. The topological polar surface area (TPSA) is 69.7 Å². The summed E-state index contributed by atoms with van der Waals surface area (Å²) in [7, 11) is -3.35. The summed E-state index contributed by atoms with van der Waals surface area (Å²) in [5.74, 6) is -0.0792. The number of cyclic esters (lactones) is 2. The van der Waals surface area contributed by atoms with Crippen LogP contribution >= 0.6 is 0 Å². The maximum absolute atomic E-state index is 12.0. The van der Waals surface area contributed by atoms with Gasteiger partial charge in [-0.05, 0) is 19.1 Å². The first kappa shape index (κ1) is 12.9. The summed E-state index contributed by atoms with van der Waals surface area (Å²) in [6.07, 6.45) is -0.523. The van der Waals surface area contributed by atoms with E-state index in [0.717, 1.165) is 0 Å². The Morgan fingerprint density at radius 2 is 1.94 bits per heavy atom. The summed E-state index contributed by atoms with van der Waals surface area (Å²) in [6.45, 7) is 1.76. The fourth-order valence-corrected chi connectivity index (χ4v) is 3.20. The maximum atomic E-state index is 12.0. The Bertz CT molecular complexity index is 537. The first-order valence-electron chi connectivity index (χ1n) is 5.55. The second-order valence-electron chi connectivity index (χ2n) is 4.47. The van der Waals surface area contributed by atoms with Crippen molar-refractivity contribution >= 4 is 16.0 Å². The Hall–Kier alpha value is -1.56. The fraction of sp³-hybridized carbons (Fsp3) is 0.417. The molecule has 6 heteroatoms. The van der Waals surface area contributed by atoms with Crippen LogP contribution in [0.5, 0.6) is 0 Å². The van der Waals surface area contributed by atoms with Crippen LogP contribution in [0.25, 0.3) is 0 Å². The summed E-state index contributed by atoms with van der Waals surface area (Å²) in [6, 6.07) is 8.21. The van der Waals surface area contributed by atoms with Crippen molar-refractivity contribution in [3.8, 4) is 0 Å². The van der Waals surface area contributed by atoms with Gasteiger partial charge >= 0.3 is 6.16 Å². The Morgan fingerprint density at radius 1 is 1.28 bits per heavy atom. The van der Waals surface area contributed by atoms with Gasteiger partial charge in [0.1, 0.15) is 12.2 Å². The second kappa shape index (κ2) is 4.61. The number of carbonyl (C=O) groups excluding carboxylic acids is 1. The molecule has 0 amide bonds. The van der Waals surface area contributed by atoms with Crippen LogP contribution in [0.3, 0.4) is 0 Å². The third-order valence-corrected chi connectivity index (χ3v) is 4.56. The molecule has 18 heavy (non-hydrogen) atoms. The molecule has 0 aromatic heterocycles. The molecule has 0 bridgehead atoms. The standard InChI is InChI=1S/C12H14O5S/c1-12(9-16-11(13)17-12)7-8-18(14,15)10-5-3-2-4-6-10/h2-6H,7-9H2,1H3/t12-/m1/s1. The number of hydrogen-bond acceptors (Lipinski definition) is 5. The molecule has 1 atom stereocenters. The third kappa shape index (κ3) is 2.81. The van der Waals surface area contributed by atoms with Crippen LogP contribution in [-0.2, 0) is 19.3 Å². The minimum Gasteiger partial charge on any atom is -0.430 e. The number of benzene rings is 1. The molecule has 2 rings (SSSR count). The van der Waals surface area contributed by atoms with Crippen LogP contribution in [0.15, 0.2) is 35.2 Å². The highest BCUT2D eigenvalue weighted by molar-refractivity contribution is 7.91. The summed E-state index contributed by atoms with van der Waals surface area (Å²) in [5.41, 5.74) is -0.848. The molecule has 98 valence electrons. The molecular weight excluding hydrogens is 256 g/mol. The van der Waals surface area contributed by atoms with Gasteiger partial charge in [-0.1, -0.05) is 18.2 Å². The van der Waals surface area contributed by atoms with Crippen LogP contribution in [0.4, 0.5) is 4.79 Å². The smallest absolute Gasteiger partial charge is 0.430 e. The van der Waals surface area contributed by atoms with Crippen molar-refractivity contribution in [1.82, 2.24) is 0 Å². The first-order valence-corrected chi connectivity index (χ1v) is 7.20. The number of ether oxygens (including phenoxy) is 2. The van der Waals surface area contributed by atoms with Gasteiger partial charge in [0.05, 0.1) is 10.6 Å². The molecular formula is C12H14O5S. The summed E-state index contributed by atoms with van der Waals surface area (Å²) < 4.78 is 33.7. The van der Waals surface area contributed by atoms with Crippen molar-refractivity contribution in [2.75, 3.05) is 12.4 Å². The highest BCUT2D eigenvalue weighted by atomic mass is 32.2. The van der Waals surface area contributed by atoms with E-state index >= 15 is 0 Å². The van der Waals surface area contributed by atoms with Gasteiger partial charge in [-0.15, -0.1) is 0 Å². The Kier molecular flexibility index (Phi) is 3.30. The Morgan fingerprint density at radius 3 is 2.50 bits per heavy atom. The molecule has 1 aromatic carbocycles. The highest BCUT2D eigenvalue weighted by Gasteiger charge is 2.38. The molecule has 5 nitrogen and oxygen atoms in total. The average molecular weight is 270 g/mol. The van der Waals surface area contributed by atoms with E-state index in [1.54, 1.807) is 37.3 Å². The van der Waals surface area contributed by atoms with Crippen molar-refractivity contribution < 1.29 is 22.7 Å². The Balaban J connectivity index is 2.04. The lowest BCUT2D eigenvalue weighted by molar-refractivity contribution is 0.0687. The maximum Gasteiger partial charge on any atom is 0.509 e. The lowest BCUT2D eigenvalue weighted by Gasteiger charge is -2.18. The zero-order chi connectivity index (χ0) is 13.2. The van der Waals surface area contributed by atoms with Crippen molar-refractivity contribution in [2.45, 2.75) is 23.8 Å². The van der Waals surface area contributed by atoms with E-state index in [2.05, 4.69) is 4.74 Å². The lowest BCUT2D eigenvalue weighted by atomic mass is 10.1. The molecule has 1 saturated heterocycles. The normalized spacial score (nSPS) is 23.5. The molecule has 0 N–H and O–H groups in total. The van der Waals surface area contributed by atoms with E-state index in [1.807, 2.05) is 0 Å². The van der Waals surface area contributed by atoms with Crippen LogP contribution in [0.1, 0.15) is 13.3 Å². The zero-order valence-electron chi connectivity index (χ0n) is 9.96. The predicted octanol–water partition coefficient (Wildman–Crippen LogP) is 1.78. The van der Waals surface area contributed by atoms with E-state index in [9.17, 15) is 13.2 Å². The number of rotatable bonds is 4. The second-order valence-corrected chi connectivity index (χ2v) is 6.58. The minimum atomic E-state index is -3.35. The largest absolute Gasteiger partial charge is 0.509 e. The minimum absolute atomic E-state index is 0.0792. The van der Waals surface area contributed by atoms with Crippen molar-refractivity contribution in [3.63, 3.8) is 0 Å². The van der Waals surface area contributed by atoms with Gasteiger partial charge in [-0.2, -0.15) is 0 Å². The molecule has 1 aliphatic rings. The molecule has 0 radical (unpaired) electrons. The van der Waals surface area contributed by atoms with E-state index in [4.69, 9.17) is 4.74 Å². The lowest BCUT2D eigenvalue weighted by Crippen LogP contribution is -2.30. The fourth-order valence-electron chi connectivity index (χ4n) is 1.69. The first-order chi connectivity index (χ1) is 8.41. The van der Waals surface area contributed by atoms with E-state index in [0.29, 0.717) is 0 Å². The monoisotopic (exact) mass is 270 g/mol. The van der Waals surface area contributed by atoms with Gasteiger partial charge in [0.25, 0.3) is 0 Å². The average Bonchev–Trinajstić information content (AvgIpc) is 2.69. The summed E-state index contributed by atoms with van der Waals surface area (Å²) >= 11 is 0. The number of sulfone groups is 1. The van der Waals surface area contributed by atoms with Crippen LogP contribution in [-0.4, -0.2) is 32.5 Å². The van der Waals surface area contributed by atoms with Gasteiger partial charge in [-0.3, -0.25) is 0 Å². The zero-order valence-corrected chi connectivity index (χ0v) is 10.8. The van der Waals surface area contributed by atoms with Crippen LogP contribution < -0.4 is 0 Å². The Labute approximate surface area is 106 Å². The molecule has 0 saturated carbocycles. The third-order valence-electron chi connectivity index (χ3n) is 2.83. The summed E-state index contributed by atoms with van der Waals surface area (Å²) in [5, 5.41) is 0. The molecule has 1 aromatic rings. The number of hydrogen-bond donors (Lipinski definition) is 0. The van der Waals surface area contributed by atoms with Crippen molar-refractivity contribution in [1.29, 1.82) is 0 Å². The molecule has 0 unspecified atom stereocenters. The SMILES string of the molecule is C[C@@]1(CCS(=O)(=O)c2ccccc2)COC(=O)O1. The quantitative estimate of drug-likeness (QED) is 0.780. The summed E-state index contributed by atoms with van der Waals surface area (Å²) in [4.78, 5) is 11.1. The number of carbonyl (C=O) groups is 1. The van der Waals surface area contributed by atoms with Crippen LogP contribution in [0.2, 0.25) is 0 Å². The van der Waals surface area contributed by atoms with Gasteiger partial charge < -0.3 is 9.47 Å². The van der Waals surface area contributed by atoms with E-state index in [1.165, 1.54) is 0 Å².